The molecule has 0 aliphatic heterocycles. The van der Waals surface area contributed by atoms with E-state index < -0.39 is 11.9 Å². The molecule has 3 N–H and O–H groups in total. The maximum atomic E-state index is 11.9. The molecule has 7 nitrogen and oxygen atoms in total. The molecule has 0 fully saturated rings. The summed E-state index contributed by atoms with van der Waals surface area (Å²) in [6.45, 7) is 8.98. The van der Waals surface area contributed by atoms with Crippen LogP contribution in [0, 0.1) is 0 Å². The van der Waals surface area contributed by atoms with Crippen LogP contribution < -0.4 is 11.1 Å². The highest BCUT2D eigenvalue weighted by molar-refractivity contribution is 5.87. The van der Waals surface area contributed by atoms with Crippen LogP contribution in [0.1, 0.15) is 53.4 Å². The highest BCUT2D eigenvalue weighted by Crippen LogP contribution is 2.08. The van der Waals surface area contributed by atoms with Crippen LogP contribution in [-0.4, -0.2) is 54.5 Å². The van der Waals surface area contributed by atoms with Gasteiger partial charge in [0.25, 0.3) is 0 Å². The van der Waals surface area contributed by atoms with Gasteiger partial charge in [0, 0.05) is 13.1 Å². The molecule has 23 heavy (non-hydrogen) atoms. The molecule has 0 bridgehead atoms. The first-order valence-corrected chi connectivity index (χ1v) is 8.31. The van der Waals surface area contributed by atoms with Gasteiger partial charge in [0.2, 0.25) is 11.8 Å². The van der Waals surface area contributed by atoms with Crippen LogP contribution in [0.3, 0.4) is 0 Å². The van der Waals surface area contributed by atoms with E-state index in [0.29, 0.717) is 19.6 Å². The van der Waals surface area contributed by atoms with Crippen LogP contribution in [0.25, 0.3) is 0 Å². The minimum Gasteiger partial charge on any atom is -0.463 e. The molecule has 0 aromatic carbocycles. The van der Waals surface area contributed by atoms with Crippen molar-refractivity contribution in [2.45, 2.75) is 65.5 Å². The van der Waals surface area contributed by atoms with Gasteiger partial charge in [-0.25, -0.2) is 0 Å². The van der Waals surface area contributed by atoms with Crippen LogP contribution in [0.2, 0.25) is 0 Å². The van der Waals surface area contributed by atoms with Gasteiger partial charge >= 0.3 is 5.97 Å². The molecule has 2 amide bonds. The summed E-state index contributed by atoms with van der Waals surface area (Å²) in [4.78, 5) is 37.1. The zero-order valence-electron chi connectivity index (χ0n) is 14.8. The molecule has 0 heterocycles. The summed E-state index contributed by atoms with van der Waals surface area (Å²) >= 11 is 0. The maximum absolute atomic E-state index is 11.9. The van der Waals surface area contributed by atoms with E-state index in [-0.39, 0.29) is 30.8 Å². The number of carbonyl (C=O) groups excluding carboxylic acids is 3. The number of carbonyl (C=O) groups is 3. The molecule has 134 valence electrons. The van der Waals surface area contributed by atoms with Gasteiger partial charge < -0.3 is 15.8 Å². The highest BCUT2D eigenvalue weighted by atomic mass is 16.5. The fourth-order valence-electron chi connectivity index (χ4n) is 2.19. The number of nitrogens with one attached hydrogen (secondary N) is 1. The lowest BCUT2D eigenvalue weighted by Gasteiger charge is -2.28. The van der Waals surface area contributed by atoms with E-state index in [2.05, 4.69) is 5.32 Å². The Morgan fingerprint density at radius 1 is 1.13 bits per heavy atom. The summed E-state index contributed by atoms with van der Waals surface area (Å²) < 4.78 is 5.09. The molecule has 7 heteroatoms. The van der Waals surface area contributed by atoms with E-state index in [1.54, 1.807) is 18.7 Å². The number of amides is 2. The molecule has 0 aromatic rings. The summed E-state index contributed by atoms with van der Waals surface area (Å²) in [5.74, 6) is -1.08. The second-order valence-electron chi connectivity index (χ2n) is 5.80. The predicted octanol–water partition coefficient (Wildman–Crippen LogP) is 0.810. The van der Waals surface area contributed by atoms with Crippen molar-refractivity contribution < 1.29 is 19.1 Å². The van der Waals surface area contributed by atoms with E-state index in [1.807, 2.05) is 13.8 Å². The Balaban J connectivity index is 4.72. The van der Waals surface area contributed by atoms with Gasteiger partial charge in [-0.05, 0) is 33.2 Å². The average molecular weight is 329 g/mol. The minimum absolute atomic E-state index is 0.00849. The smallest absolute Gasteiger partial charge is 0.307 e. The number of nitrogens with zero attached hydrogens (tertiary/aromatic N) is 1. The van der Waals surface area contributed by atoms with Gasteiger partial charge in [-0.1, -0.05) is 13.8 Å². The normalized spacial score (nSPS) is 12.3. The number of nitrogens with two attached hydrogens (primary N) is 1. The van der Waals surface area contributed by atoms with Crippen LogP contribution in [0.4, 0.5) is 0 Å². The molecule has 0 spiro atoms. The van der Waals surface area contributed by atoms with Crippen molar-refractivity contribution in [2.24, 2.45) is 5.73 Å². The molecular weight excluding hydrogens is 298 g/mol. The van der Waals surface area contributed by atoms with E-state index in [9.17, 15) is 14.4 Å². The second kappa shape index (κ2) is 11.9. The van der Waals surface area contributed by atoms with Gasteiger partial charge in [0.15, 0.2) is 0 Å². The summed E-state index contributed by atoms with van der Waals surface area (Å²) in [6.07, 6.45) is 1.62. The van der Waals surface area contributed by atoms with Crippen LogP contribution >= 0.6 is 0 Å². The first-order chi connectivity index (χ1) is 10.8. The number of primary amides is 1. The first-order valence-electron chi connectivity index (χ1n) is 8.31. The van der Waals surface area contributed by atoms with Crippen molar-refractivity contribution in [3.63, 3.8) is 0 Å². The number of hydrogen-bond acceptors (Lipinski definition) is 5. The van der Waals surface area contributed by atoms with Crippen LogP contribution in [-0.2, 0) is 19.1 Å². The zero-order valence-corrected chi connectivity index (χ0v) is 14.8. The molecule has 0 aromatic heterocycles. The lowest BCUT2D eigenvalue weighted by molar-refractivity contribution is -0.148. The second-order valence-corrected chi connectivity index (χ2v) is 5.80. The fourth-order valence-corrected chi connectivity index (χ4v) is 2.19. The van der Waals surface area contributed by atoms with Crippen molar-refractivity contribution in [1.82, 2.24) is 10.2 Å². The highest BCUT2D eigenvalue weighted by Gasteiger charge is 2.26. The molecule has 0 saturated carbocycles. The Morgan fingerprint density at radius 3 is 2.26 bits per heavy atom. The molecular formula is C16H31N3O4. The predicted molar refractivity (Wildman–Crippen MR) is 88.6 cm³/mol. The molecule has 1 unspecified atom stereocenters. The van der Waals surface area contributed by atoms with E-state index in [1.165, 1.54) is 0 Å². The molecule has 0 radical (unpaired) electrons. The van der Waals surface area contributed by atoms with Gasteiger partial charge in [-0.2, -0.15) is 0 Å². The fraction of sp³-hybridized carbons (Fsp3) is 0.812. The minimum atomic E-state index is -0.710. The largest absolute Gasteiger partial charge is 0.463 e. The monoisotopic (exact) mass is 329 g/mol. The van der Waals surface area contributed by atoms with Crippen LogP contribution in [0.5, 0.6) is 0 Å². The third-order valence-corrected chi connectivity index (χ3v) is 3.20. The summed E-state index contributed by atoms with van der Waals surface area (Å²) in [7, 11) is 0. The molecule has 0 saturated heterocycles. The van der Waals surface area contributed by atoms with Crippen molar-refractivity contribution >= 4 is 17.8 Å². The van der Waals surface area contributed by atoms with E-state index in [0.717, 1.165) is 12.8 Å². The SMILES string of the molecule is CCCNC(=O)CC(C(N)=O)N(CCC)CCC(=O)OC(C)C. The standard InChI is InChI=1S/C16H31N3O4/c1-5-8-18-14(20)11-13(16(17)22)19(9-6-2)10-7-15(21)23-12(3)4/h12-13H,5-11H2,1-4H3,(H2,17,22)(H,18,20). The lowest BCUT2D eigenvalue weighted by atomic mass is 10.1. The third kappa shape index (κ3) is 9.89. The van der Waals surface area contributed by atoms with Gasteiger partial charge in [0.1, 0.15) is 0 Å². The molecule has 0 aliphatic rings. The molecule has 0 rings (SSSR count). The summed E-state index contributed by atoms with van der Waals surface area (Å²) in [5, 5.41) is 2.74. The number of hydrogen-bond donors (Lipinski definition) is 2. The Bertz CT molecular complexity index is 386. The van der Waals surface area contributed by atoms with E-state index >= 15 is 0 Å². The quantitative estimate of drug-likeness (QED) is 0.516. The number of ether oxygens (including phenoxy) is 1. The topological polar surface area (TPSA) is 102 Å². The Hall–Kier alpha value is -1.63. The first kappa shape index (κ1) is 21.4. The molecule has 0 aliphatic carbocycles. The van der Waals surface area contributed by atoms with Crippen molar-refractivity contribution in [3.8, 4) is 0 Å². The Labute approximate surface area is 138 Å². The Morgan fingerprint density at radius 2 is 1.78 bits per heavy atom. The molecule has 1 atom stereocenters. The summed E-state index contributed by atoms with van der Waals surface area (Å²) in [6, 6.07) is -0.710. The van der Waals surface area contributed by atoms with Crippen LogP contribution in [0.15, 0.2) is 0 Å². The van der Waals surface area contributed by atoms with Crippen molar-refractivity contribution in [3.05, 3.63) is 0 Å². The number of rotatable bonds is 12. The van der Waals surface area contributed by atoms with E-state index in [4.69, 9.17) is 10.5 Å². The van der Waals surface area contributed by atoms with Gasteiger partial charge in [-0.15, -0.1) is 0 Å². The number of esters is 1. The maximum Gasteiger partial charge on any atom is 0.307 e. The van der Waals surface area contributed by atoms with Crippen molar-refractivity contribution in [2.75, 3.05) is 19.6 Å². The van der Waals surface area contributed by atoms with Gasteiger partial charge in [0.05, 0.1) is 25.0 Å². The third-order valence-electron chi connectivity index (χ3n) is 3.20. The lowest BCUT2D eigenvalue weighted by Crippen LogP contribution is -2.48. The zero-order chi connectivity index (χ0) is 17.8. The van der Waals surface area contributed by atoms with Crippen molar-refractivity contribution in [1.29, 1.82) is 0 Å². The summed E-state index contributed by atoms with van der Waals surface area (Å²) in [5.41, 5.74) is 5.46. The Kier molecular flexibility index (Phi) is 11.0. The average Bonchev–Trinajstić information content (AvgIpc) is 2.46. The van der Waals surface area contributed by atoms with Gasteiger partial charge in [-0.3, -0.25) is 19.3 Å².